The van der Waals surface area contributed by atoms with Crippen molar-refractivity contribution >= 4 is 0 Å². The van der Waals surface area contributed by atoms with Gasteiger partial charge in [0.2, 0.25) is 0 Å². The number of rotatable bonds is 27. The van der Waals surface area contributed by atoms with Crippen LogP contribution in [0.2, 0.25) is 0 Å². The molecule has 0 bridgehead atoms. The van der Waals surface area contributed by atoms with E-state index in [9.17, 15) is 0 Å². The number of piperidine rings is 4. The molecule has 7 heterocycles. The minimum absolute atomic E-state index is 0. The number of likely N-dealkylation sites (tertiary alicyclic amines) is 3. The maximum absolute atomic E-state index is 3.97. The third-order valence-electron chi connectivity index (χ3n) is 22.8. The topological polar surface area (TPSA) is 0 Å². The Kier molecular flexibility index (Phi) is 49.0. The first-order valence-corrected chi connectivity index (χ1v) is 33.1. The van der Waals surface area contributed by atoms with Crippen LogP contribution in [0, 0.1) is 59.2 Å². The number of quaternary nitrogens is 6. The number of hydrogen-bond donors (Lipinski definition) is 0. The Bertz CT molecular complexity index is 1630. The summed E-state index contributed by atoms with van der Waals surface area (Å²) in [6, 6.07) is 0. The summed E-state index contributed by atoms with van der Waals surface area (Å²) < 4.78 is 7.63. The van der Waals surface area contributed by atoms with Crippen LogP contribution in [0.4, 0.5) is 0 Å². The maximum Gasteiger partial charge on any atom is 0.0973 e. The zero-order valence-electron chi connectivity index (χ0n) is 55.9. The van der Waals surface area contributed by atoms with Gasteiger partial charge in [0.15, 0.2) is 0 Å². The largest absolute Gasteiger partial charge is 0.328 e. The van der Waals surface area contributed by atoms with E-state index in [1.165, 1.54) is 230 Å². The standard InChI is InChI=1S/C37H72N3.C25H44N2.C8H16N.6Y/c1-7-32-24-38(5,6)25-36(32)14-15-37-29-40(28-35(37)10-4)22-18-31(19-23-40)13-11-12-30-16-20-39(21-17-30)26-33(8-2)34(9-3)27-39;1-5-16-26(17-6-2)20-12-24(13-21-26)10-9-11-25-14-22-27(18-7-3,19-8-4)23-15-25;1-5-7-9(3,4)8-6-2;;;;;;/h30-37H,7-29H2,1-6H3;5-8,24-25H,1-4,9-23H2;5-6H,1-2,7-8H2,3-4H3;;;;;;/q+3;+2;+1;;;;;;. The van der Waals surface area contributed by atoms with Crippen molar-refractivity contribution in [1.82, 2.24) is 0 Å². The van der Waals surface area contributed by atoms with Crippen molar-refractivity contribution in [2.45, 2.75) is 156 Å². The quantitative estimate of drug-likeness (QED) is 0.0568. The summed E-state index contributed by atoms with van der Waals surface area (Å²) in [5.41, 5.74) is 0. The zero-order chi connectivity index (χ0) is 55.3. The molecule has 7 aliphatic rings. The van der Waals surface area contributed by atoms with Gasteiger partial charge >= 0.3 is 0 Å². The van der Waals surface area contributed by atoms with E-state index in [2.05, 4.69) is 120 Å². The van der Waals surface area contributed by atoms with Crippen LogP contribution in [-0.2, 0) is 196 Å². The molecule has 0 N–H and O–H groups in total. The molecular formula is C70H132N6Y6+6. The second kappa shape index (κ2) is 45.2. The molecule has 0 aromatic rings. The maximum atomic E-state index is 3.97. The Hall–Kier alpha value is 4.82. The smallest absolute Gasteiger partial charge is 0.0973 e. The van der Waals surface area contributed by atoms with Crippen molar-refractivity contribution in [3.63, 3.8) is 0 Å². The molecule has 7 rings (SSSR count). The molecule has 6 unspecified atom stereocenters. The molecule has 7 saturated heterocycles. The van der Waals surface area contributed by atoms with Gasteiger partial charge in [-0.3, -0.25) is 0 Å². The molecule has 2 spiro atoms. The Morgan fingerprint density at radius 1 is 0.341 bits per heavy atom. The average Bonchev–Trinajstić information content (AvgIpc) is 4.12. The Labute approximate surface area is 663 Å². The van der Waals surface area contributed by atoms with Gasteiger partial charge in [-0.2, -0.15) is 0 Å². The van der Waals surface area contributed by atoms with E-state index in [0.717, 1.165) is 103 Å². The minimum atomic E-state index is 0. The third-order valence-corrected chi connectivity index (χ3v) is 22.8. The molecule has 6 radical (unpaired) electrons. The molecule has 12 heteroatoms. The normalized spacial score (nSPS) is 27.1. The van der Waals surface area contributed by atoms with Crippen molar-refractivity contribution in [1.29, 1.82) is 0 Å². The van der Waals surface area contributed by atoms with Gasteiger partial charge in [-0.1, -0.05) is 106 Å². The fourth-order valence-corrected chi connectivity index (χ4v) is 18.0. The van der Waals surface area contributed by atoms with Crippen LogP contribution in [0.5, 0.6) is 0 Å². The molecule has 0 saturated carbocycles. The van der Waals surface area contributed by atoms with Crippen LogP contribution >= 0.6 is 0 Å². The first-order chi connectivity index (χ1) is 36.4. The van der Waals surface area contributed by atoms with Gasteiger partial charge in [0, 0.05) is 232 Å². The molecule has 454 valence electrons. The molecular weight excluding hydrogens is 1460 g/mol. The van der Waals surface area contributed by atoms with Crippen molar-refractivity contribution in [2.75, 3.05) is 159 Å². The molecule has 7 fully saturated rings. The summed E-state index contributed by atoms with van der Waals surface area (Å²) in [7, 11) is 9.26. The van der Waals surface area contributed by atoms with Gasteiger partial charge < -0.3 is 26.9 Å². The van der Waals surface area contributed by atoms with Crippen molar-refractivity contribution in [3.05, 3.63) is 75.9 Å². The van der Waals surface area contributed by atoms with E-state index in [1.807, 2.05) is 12.2 Å². The van der Waals surface area contributed by atoms with E-state index in [0.29, 0.717) is 0 Å². The Morgan fingerprint density at radius 3 is 0.866 bits per heavy atom. The molecule has 0 amide bonds. The SMILES string of the molecule is C=CC[N+](C)(C)CC=C.C=CC[N+]1(CC=C)CCC(CCCC2CC[N+](CC=C)(CC=C)CC2)CC1.CCC1C[N+](C)(C)CC1CCC1C[N+]2(CCC(CCCC3CC[N+]4(CC3)CC(CC)C(CC)C4)CC2)CC1CC.[Y].[Y].[Y].[Y].[Y].[Y]. The summed E-state index contributed by atoms with van der Waals surface area (Å²) in [4.78, 5) is 0. The molecule has 0 aliphatic carbocycles. The Balaban J connectivity index is 0. The van der Waals surface area contributed by atoms with Crippen molar-refractivity contribution in [2.24, 2.45) is 59.2 Å². The second-order valence-corrected chi connectivity index (χ2v) is 29.4. The number of hydrogen-bond acceptors (Lipinski definition) is 0. The van der Waals surface area contributed by atoms with E-state index in [4.69, 9.17) is 0 Å². The average molecular weight is 1590 g/mol. The monoisotopic (exact) mass is 1590 g/mol. The van der Waals surface area contributed by atoms with E-state index < -0.39 is 0 Å². The number of likely N-dealkylation sites (N-methyl/N-ethyl adjacent to an activating group) is 1. The first-order valence-electron chi connectivity index (χ1n) is 33.1. The van der Waals surface area contributed by atoms with E-state index in [1.54, 1.807) is 12.8 Å². The van der Waals surface area contributed by atoms with Gasteiger partial charge in [-0.05, 0) is 150 Å². The zero-order valence-corrected chi connectivity index (χ0v) is 72.9. The molecule has 82 heavy (non-hydrogen) atoms. The summed E-state index contributed by atoms with van der Waals surface area (Å²) in [6.45, 7) is 59.8. The first kappa shape index (κ1) is 88.9. The molecule has 7 aliphatic heterocycles. The summed E-state index contributed by atoms with van der Waals surface area (Å²) in [5, 5.41) is 0. The predicted molar refractivity (Wildman–Crippen MR) is 334 cm³/mol. The molecule has 6 atom stereocenters. The van der Waals surface area contributed by atoms with Crippen LogP contribution in [0.3, 0.4) is 0 Å². The fraction of sp³-hybridized carbons (Fsp3) is 0.829. The van der Waals surface area contributed by atoms with Crippen molar-refractivity contribution < 1.29 is 223 Å². The predicted octanol–water partition coefficient (Wildman–Crippen LogP) is 14.6. The van der Waals surface area contributed by atoms with Crippen LogP contribution in [-0.4, -0.2) is 186 Å². The molecule has 0 aromatic carbocycles. The molecule has 0 aromatic heterocycles. The van der Waals surface area contributed by atoms with Gasteiger partial charge in [0.05, 0.1) is 159 Å². The van der Waals surface area contributed by atoms with Crippen LogP contribution in [0.25, 0.3) is 0 Å². The minimum Gasteiger partial charge on any atom is -0.328 e. The van der Waals surface area contributed by atoms with Gasteiger partial charge in [0.25, 0.3) is 0 Å². The van der Waals surface area contributed by atoms with Crippen LogP contribution in [0.15, 0.2) is 75.9 Å². The second-order valence-electron chi connectivity index (χ2n) is 29.4. The van der Waals surface area contributed by atoms with Gasteiger partial charge in [0.1, 0.15) is 0 Å². The summed E-state index contributed by atoms with van der Waals surface area (Å²) in [6.07, 6.45) is 41.6. The Morgan fingerprint density at radius 2 is 0.585 bits per heavy atom. The van der Waals surface area contributed by atoms with Gasteiger partial charge in [-0.25, -0.2) is 0 Å². The third kappa shape index (κ3) is 28.8. The van der Waals surface area contributed by atoms with Crippen molar-refractivity contribution in [3.8, 4) is 0 Å². The van der Waals surface area contributed by atoms with Crippen LogP contribution < -0.4 is 0 Å². The fourth-order valence-electron chi connectivity index (χ4n) is 18.0. The van der Waals surface area contributed by atoms with Crippen LogP contribution in [0.1, 0.15) is 156 Å². The summed E-state index contributed by atoms with van der Waals surface area (Å²) in [5.74, 6) is 10.0. The summed E-state index contributed by atoms with van der Waals surface area (Å²) >= 11 is 0. The molecule has 6 nitrogen and oxygen atoms in total. The van der Waals surface area contributed by atoms with E-state index in [-0.39, 0.29) is 196 Å². The van der Waals surface area contributed by atoms with E-state index >= 15 is 0 Å². The van der Waals surface area contributed by atoms with Gasteiger partial charge in [-0.15, -0.1) is 0 Å². The number of nitrogens with zero attached hydrogens (tertiary/aromatic N) is 6.